The number of nitrogens with zero attached hydrogens (tertiary/aromatic N) is 1. The number of hydrogen-bond acceptors (Lipinski definition) is 1. The number of quaternary nitrogens is 1. The van der Waals surface area contributed by atoms with Gasteiger partial charge >= 0.3 is 0 Å². The zero-order chi connectivity index (χ0) is 11.9. The van der Waals surface area contributed by atoms with Crippen LogP contribution in [0.4, 0.5) is 0 Å². The first-order chi connectivity index (χ1) is 7.72. The molecule has 1 saturated heterocycles. The number of rotatable bonds is 8. The normalized spacial score (nSPS) is 18.8. The molecule has 1 rings (SSSR count). The Morgan fingerprint density at radius 3 is 2.00 bits per heavy atom. The van der Waals surface area contributed by atoms with Crippen molar-refractivity contribution in [3.63, 3.8) is 0 Å². The van der Waals surface area contributed by atoms with E-state index < -0.39 is 0 Å². The van der Waals surface area contributed by atoms with E-state index in [9.17, 15) is 4.79 Å². The van der Waals surface area contributed by atoms with Gasteiger partial charge in [-0.2, -0.15) is 0 Å². The summed E-state index contributed by atoms with van der Waals surface area (Å²) in [7, 11) is 0. The first-order valence-corrected chi connectivity index (χ1v) is 6.84. The summed E-state index contributed by atoms with van der Waals surface area (Å²) in [6.45, 7) is 8.40. The van der Waals surface area contributed by atoms with Crippen molar-refractivity contribution in [3.05, 3.63) is 0 Å². The van der Waals surface area contributed by atoms with E-state index in [-0.39, 0.29) is 5.91 Å². The predicted molar refractivity (Wildman–Crippen MR) is 66.9 cm³/mol. The molecule has 0 aromatic heterocycles. The zero-order valence-electron chi connectivity index (χ0n) is 10.9. The van der Waals surface area contributed by atoms with Gasteiger partial charge in [0, 0.05) is 0 Å². The lowest BCUT2D eigenvalue weighted by Gasteiger charge is -2.32. The zero-order valence-corrected chi connectivity index (χ0v) is 10.9. The van der Waals surface area contributed by atoms with Gasteiger partial charge in [-0.1, -0.05) is 26.7 Å². The number of amides is 1. The molecule has 0 radical (unpaired) electrons. The molecule has 16 heavy (non-hydrogen) atoms. The molecule has 3 heteroatoms. The maximum absolute atomic E-state index is 11.4. The van der Waals surface area contributed by atoms with Crippen LogP contribution < -0.4 is 5.32 Å². The minimum absolute atomic E-state index is 0.244. The van der Waals surface area contributed by atoms with Crippen LogP contribution in [0.3, 0.4) is 0 Å². The van der Waals surface area contributed by atoms with Crippen molar-refractivity contribution in [2.24, 2.45) is 0 Å². The van der Waals surface area contributed by atoms with Crippen LogP contribution in [0.1, 0.15) is 52.4 Å². The molecule has 94 valence electrons. The van der Waals surface area contributed by atoms with Gasteiger partial charge in [0.25, 0.3) is 5.91 Å². The highest BCUT2D eigenvalue weighted by molar-refractivity contribution is 5.78. The molecular formula is C13H27N2O+. The third kappa shape index (κ3) is 4.12. The molecule has 1 amide bonds. The summed E-state index contributed by atoms with van der Waals surface area (Å²) in [6.07, 6.45) is 7.63. The van der Waals surface area contributed by atoms with Gasteiger partial charge < -0.3 is 5.32 Å². The van der Waals surface area contributed by atoms with Gasteiger partial charge in [0.2, 0.25) is 0 Å². The van der Waals surface area contributed by atoms with E-state index in [1.165, 1.54) is 51.6 Å². The van der Waals surface area contributed by atoms with Gasteiger partial charge in [0.1, 0.15) is 0 Å². The monoisotopic (exact) mass is 227 g/mol. The first kappa shape index (κ1) is 13.5. The van der Waals surface area contributed by atoms with Crippen LogP contribution in [0.25, 0.3) is 0 Å². The molecule has 1 aliphatic heterocycles. The molecule has 1 N–H and O–H groups in total. The van der Waals surface area contributed by atoms with Crippen molar-refractivity contribution in [2.45, 2.75) is 52.4 Å². The molecule has 0 aliphatic carbocycles. The summed E-state index contributed by atoms with van der Waals surface area (Å²) >= 11 is 0. The minimum atomic E-state index is 0.244. The van der Waals surface area contributed by atoms with Crippen LogP contribution in [0.15, 0.2) is 0 Å². The highest BCUT2D eigenvalue weighted by Gasteiger charge is 2.35. The topological polar surface area (TPSA) is 29.1 Å². The van der Waals surface area contributed by atoms with E-state index in [1.54, 1.807) is 0 Å². The quantitative estimate of drug-likeness (QED) is 0.500. The Hall–Kier alpha value is -0.570. The average Bonchev–Trinajstić information content (AvgIpc) is 2.62. The number of carbonyl (C=O) groups excluding carboxylic acids is 1. The van der Waals surface area contributed by atoms with Crippen molar-refractivity contribution in [2.75, 3.05) is 26.3 Å². The number of hydrogen-bond donors (Lipinski definition) is 1. The third-order valence-electron chi connectivity index (χ3n) is 3.56. The van der Waals surface area contributed by atoms with E-state index in [1.807, 2.05) is 0 Å². The van der Waals surface area contributed by atoms with Crippen molar-refractivity contribution < 1.29 is 9.28 Å². The van der Waals surface area contributed by atoms with E-state index in [0.29, 0.717) is 6.54 Å². The fraction of sp³-hybridized carbons (Fsp3) is 0.923. The summed E-state index contributed by atoms with van der Waals surface area (Å²) in [5.41, 5.74) is 0. The summed E-state index contributed by atoms with van der Waals surface area (Å²) in [4.78, 5) is 11.4. The summed E-state index contributed by atoms with van der Waals surface area (Å²) in [6, 6.07) is 0. The van der Waals surface area contributed by atoms with Crippen molar-refractivity contribution in [3.8, 4) is 0 Å². The van der Waals surface area contributed by atoms with Crippen molar-refractivity contribution in [1.82, 2.24) is 5.32 Å². The number of unbranched alkanes of at least 4 members (excludes halogenated alkanes) is 4. The summed E-state index contributed by atoms with van der Waals surface area (Å²) in [5, 5.41) is 3.00. The van der Waals surface area contributed by atoms with Crippen LogP contribution in [0, 0.1) is 0 Å². The lowest BCUT2D eigenvalue weighted by molar-refractivity contribution is -0.915. The second-order valence-electron chi connectivity index (χ2n) is 5.12. The second kappa shape index (κ2) is 6.89. The van der Waals surface area contributed by atoms with Gasteiger partial charge in [-0.05, 0) is 25.7 Å². The Labute approximate surface area is 99.8 Å². The largest absolute Gasteiger partial charge is 0.304 e. The molecule has 0 aromatic rings. The van der Waals surface area contributed by atoms with Gasteiger partial charge in [-0.15, -0.1) is 0 Å². The lowest BCUT2D eigenvalue weighted by Crippen LogP contribution is -2.48. The standard InChI is InChI=1S/C13H26N2O/c1-3-5-7-9-15(10-8-6-4-2)11-13(16)14-12-15/h3-12H2,1-2H3/p+1. The Morgan fingerprint density at radius 1 is 1.06 bits per heavy atom. The molecule has 0 aromatic carbocycles. The Balaban J connectivity index is 2.38. The van der Waals surface area contributed by atoms with E-state index in [4.69, 9.17) is 0 Å². The fourth-order valence-electron chi connectivity index (χ4n) is 2.49. The SMILES string of the molecule is CCCCC[N+]1(CCCCC)CNC(=O)C1. The summed E-state index contributed by atoms with van der Waals surface area (Å²) < 4.78 is 0.999. The van der Waals surface area contributed by atoms with Crippen LogP contribution >= 0.6 is 0 Å². The van der Waals surface area contributed by atoms with E-state index in [0.717, 1.165) is 11.2 Å². The molecular weight excluding hydrogens is 200 g/mol. The van der Waals surface area contributed by atoms with Gasteiger partial charge in [0.05, 0.1) is 13.1 Å². The fourth-order valence-corrected chi connectivity index (χ4v) is 2.49. The summed E-state index contributed by atoms with van der Waals surface area (Å²) in [5.74, 6) is 0.244. The lowest BCUT2D eigenvalue weighted by atomic mass is 10.2. The average molecular weight is 227 g/mol. The third-order valence-corrected chi connectivity index (χ3v) is 3.56. The number of carbonyl (C=O) groups is 1. The molecule has 0 unspecified atom stereocenters. The van der Waals surface area contributed by atoms with E-state index in [2.05, 4.69) is 19.2 Å². The van der Waals surface area contributed by atoms with Crippen LogP contribution in [-0.4, -0.2) is 36.7 Å². The van der Waals surface area contributed by atoms with Crippen LogP contribution in [0.2, 0.25) is 0 Å². The van der Waals surface area contributed by atoms with Crippen molar-refractivity contribution >= 4 is 5.91 Å². The molecule has 1 heterocycles. The van der Waals surface area contributed by atoms with Gasteiger partial charge in [-0.3, -0.25) is 9.28 Å². The molecule has 0 spiro atoms. The minimum Gasteiger partial charge on any atom is -0.304 e. The molecule has 0 saturated carbocycles. The van der Waals surface area contributed by atoms with E-state index >= 15 is 0 Å². The predicted octanol–water partition coefficient (Wildman–Crippen LogP) is 2.27. The Morgan fingerprint density at radius 2 is 1.62 bits per heavy atom. The molecule has 1 aliphatic rings. The number of nitrogens with one attached hydrogen (secondary N) is 1. The van der Waals surface area contributed by atoms with Crippen molar-refractivity contribution in [1.29, 1.82) is 0 Å². The smallest absolute Gasteiger partial charge is 0.279 e. The maximum atomic E-state index is 11.4. The Bertz CT molecular complexity index is 206. The Kier molecular flexibility index (Phi) is 5.81. The molecule has 0 bridgehead atoms. The van der Waals surface area contributed by atoms with Crippen LogP contribution in [-0.2, 0) is 4.79 Å². The highest BCUT2D eigenvalue weighted by atomic mass is 16.2. The highest BCUT2D eigenvalue weighted by Crippen LogP contribution is 2.15. The van der Waals surface area contributed by atoms with Crippen LogP contribution in [0.5, 0.6) is 0 Å². The first-order valence-electron chi connectivity index (χ1n) is 6.84. The second-order valence-corrected chi connectivity index (χ2v) is 5.12. The maximum Gasteiger partial charge on any atom is 0.279 e. The molecule has 0 atom stereocenters. The molecule has 3 nitrogen and oxygen atoms in total. The van der Waals surface area contributed by atoms with Gasteiger partial charge in [0.15, 0.2) is 13.2 Å². The molecule has 1 fully saturated rings. The van der Waals surface area contributed by atoms with Gasteiger partial charge in [-0.25, -0.2) is 0 Å².